The van der Waals surface area contributed by atoms with Crippen molar-refractivity contribution in [2.24, 2.45) is 0 Å². The first-order valence-corrected chi connectivity index (χ1v) is 8.34. The van der Waals surface area contributed by atoms with Crippen LogP contribution in [-0.4, -0.2) is 20.8 Å². The van der Waals surface area contributed by atoms with Crippen LogP contribution in [0.4, 0.5) is 18.9 Å². The van der Waals surface area contributed by atoms with Crippen LogP contribution in [0, 0.1) is 17.0 Å². The van der Waals surface area contributed by atoms with Crippen molar-refractivity contribution in [2.75, 3.05) is 0 Å². The molecule has 0 radical (unpaired) electrons. The number of carbonyl (C=O) groups excluding carboxylic acids is 1. The lowest BCUT2D eigenvalue weighted by Gasteiger charge is -2.10. The second-order valence-electron chi connectivity index (χ2n) is 5.52. The number of amides is 1. The average Bonchev–Trinajstić information content (AvgIpc) is 3.02. The number of carbonyl (C=O) groups is 1. The molecule has 0 unspecified atom stereocenters. The van der Waals surface area contributed by atoms with Crippen molar-refractivity contribution in [2.45, 2.75) is 19.6 Å². The number of hydrogen-bond acceptors (Lipinski definition) is 6. The van der Waals surface area contributed by atoms with E-state index in [-0.39, 0.29) is 21.8 Å². The summed E-state index contributed by atoms with van der Waals surface area (Å²) in [6.07, 6.45) is -3.22. The van der Waals surface area contributed by atoms with Gasteiger partial charge in [-0.3, -0.25) is 19.9 Å². The van der Waals surface area contributed by atoms with Crippen molar-refractivity contribution in [1.82, 2.24) is 15.3 Å². The smallest absolute Gasteiger partial charge is 0.344 e. The number of hydrogen-bond donors (Lipinski definition) is 1. The normalized spacial score (nSPS) is 11.6. The highest BCUT2D eigenvalue weighted by Gasteiger charge is 2.37. The number of pyridine rings is 1. The molecule has 0 spiro atoms. The third-order valence-electron chi connectivity index (χ3n) is 3.75. The van der Waals surface area contributed by atoms with Crippen molar-refractivity contribution < 1.29 is 22.9 Å². The van der Waals surface area contributed by atoms with Crippen LogP contribution in [0.3, 0.4) is 0 Å². The fourth-order valence-corrected chi connectivity index (χ4v) is 3.54. The molecule has 0 aliphatic carbocycles. The van der Waals surface area contributed by atoms with Gasteiger partial charge in [0.25, 0.3) is 11.6 Å². The van der Waals surface area contributed by atoms with E-state index < -0.39 is 33.8 Å². The predicted octanol–water partition coefficient (Wildman–Crippen LogP) is 3.86. The number of nitrogens with zero attached hydrogens (tertiary/aromatic N) is 3. The number of nitrogens with one attached hydrogen (secondary N) is 1. The summed E-state index contributed by atoms with van der Waals surface area (Å²) in [6.45, 7) is 1.12. The summed E-state index contributed by atoms with van der Waals surface area (Å²) in [5, 5.41) is 13.7. The molecule has 1 N–H and O–H groups in total. The maximum atomic E-state index is 13.2. The van der Waals surface area contributed by atoms with Gasteiger partial charge >= 0.3 is 6.18 Å². The molecule has 1 amide bonds. The minimum atomic E-state index is -4.77. The Labute approximate surface area is 154 Å². The molecule has 0 atom stereocenters. The minimum absolute atomic E-state index is 0.0755. The lowest BCUT2D eigenvalue weighted by molar-refractivity contribution is -0.383. The molecule has 0 aliphatic heterocycles. The van der Waals surface area contributed by atoms with Crippen molar-refractivity contribution in [1.29, 1.82) is 0 Å². The highest BCUT2D eigenvalue weighted by molar-refractivity contribution is 7.20. The number of alkyl halides is 3. The number of aromatic nitrogens is 2. The zero-order chi connectivity index (χ0) is 19.8. The Hall–Kier alpha value is -3.08. The first-order valence-electron chi connectivity index (χ1n) is 7.52. The highest BCUT2D eigenvalue weighted by atomic mass is 32.1. The van der Waals surface area contributed by atoms with E-state index in [0.717, 1.165) is 13.0 Å². The number of halogens is 3. The number of nitro benzene ring substituents is 1. The van der Waals surface area contributed by atoms with Crippen LogP contribution in [0.25, 0.3) is 10.2 Å². The molecular weight excluding hydrogens is 385 g/mol. The van der Waals surface area contributed by atoms with Crippen LogP contribution >= 0.6 is 11.3 Å². The van der Waals surface area contributed by atoms with Gasteiger partial charge in [0.15, 0.2) is 5.01 Å². The van der Waals surface area contributed by atoms with E-state index in [0.29, 0.717) is 17.0 Å². The van der Waals surface area contributed by atoms with Crippen LogP contribution in [0.1, 0.15) is 26.6 Å². The monoisotopic (exact) mass is 396 g/mol. The molecule has 0 saturated heterocycles. The SMILES string of the molecule is Cc1c(C(F)(F)F)cc2nc(C(=O)NCc3ccccn3)sc2c1[N+](=O)[O-]. The average molecular weight is 396 g/mol. The van der Waals surface area contributed by atoms with Gasteiger partial charge in [-0.15, -0.1) is 11.3 Å². The summed E-state index contributed by atoms with van der Waals surface area (Å²) in [7, 11) is 0. The number of rotatable bonds is 4. The first kappa shape index (κ1) is 18.7. The maximum Gasteiger partial charge on any atom is 0.416 e. The van der Waals surface area contributed by atoms with Crippen LogP contribution in [0.5, 0.6) is 0 Å². The highest BCUT2D eigenvalue weighted by Crippen LogP contribution is 2.41. The molecule has 3 aromatic rings. The molecule has 1 aromatic carbocycles. The molecule has 2 heterocycles. The Morgan fingerprint density at radius 3 is 2.70 bits per heavy atom. The zero-order valence-electron chi connectivity index (χ0n) is 13.7. The molecule has 140 valence electrons. The van der Waals surface area contributed by atoms with E-state index in [1.165, 1.54) is 0 Å². The van der Waals surface area contributed by atoms with E-state index in [4.69, 9.17) is 0 Å². The summed E-state index contributed by atoms with van der Waals surface area (Å²) in [4.78, 5) is 30.6. The second-order valence-corrected chi connectivity index (χ2v) is 6.52. The summed E-state index contributed by atoms with van der Waals surface area (Å²) >= 11 is 0.676. The van der Waals surface area contributed by atoms with Gasteiger partial charge in [0.2, 0.25) is 0 Å². The zero-order valence-corrected chi connectivity index (χ0v) is 14.5. The molecule has 2 aromatic heterocycles. The third kappa shape index (κ3) is 3.72. The summed E-state index contributed by atoms with van der Waals surface area (Å²) in [5.74, 6) is -0.651. The van der Waals surface area contributed by atoms with Gasteiger partial charge in [-0.1, -0.05) is 6.07 Å². The third-order valence-corrected chi connectivity index (χ3v) is 4.82. The van der Waals surface area contributed by atoms with Crippen LogP contribution in [0.2, 0.25) is 0 Å². The Bertz CT molecular complexity index is 1030. The van der Waals surface area contributed by atoms with Crippen molar-refractivity contribution in [3.05, 3.63) is 62.4 Å². The Morgan fingerprint density at radius 2 is 2.11 bits per heavy atom. The molecule has 0 aliphatic rings. The topological polar surface area (TPSA) is 98.0 Å². The maximum absolute atomic E-state index is 13.2. The van der Waals surface area contributed by atoms with Crippen molar-refractivity contribution >= 4 is 33.1 Å². The van der Waals surface area contributed by atoms with Gasteiger partial charge in [0.1, 0.15) is 4.70 Å². The summed E-state index contributed by atoms with van der Waals surface area (Å²) < 4.78 is 39.4. The van der Waals surface area contributed by atoms with Gasteiger partial charge in [-0.05, 0) is 25.1 Å². The minimum Gasteiger partial charge on any atom is -0.344 e. The molecule has 11 heteroatoms. The van der Waals surface area contributed by atoms with E-state index in [1.807, 2.05) is 0 Å². The van der Waals surface area contributed by atoms with Gasteiger partial charge in [-0.2, -0.15) is 13.2 Å². The van der Waals surface area contributed by atoms with Crippen LogP contribution in [0.15, 0.2) is 30.5 Å². The molecule has 7 nitrogen and oxygen atoms in total. The van der Waals surface area contributed by atoms with Gasteiger partial charge in [0, 0.05) is 11.8 Å². The molecule has 27 heavy (non-hydrogen) atoms. The van der Waals surface area contributed by atoms with E-state index >= 15 is 0 Å². The standard InChI is InChI=1S/C16H11F3N4O3S/c1-8-10(16(17,18)19)6-11-13(12(8)23(25)26)27-15(22-11)14(24)21-7-9-4-2-3-5-20-9/h2-6H,7H2,1H3,(H,21,24). The predicted molar refractivity (Wildman–Crippen MR) is 91.4 cm³/mol. The summed E-state index contributed by atoms with van der Waals surface area (Å²) in [6, 6.07) is 5.85. The van der Waals surface area contributed by atoms with E-state index in [1.54, 1.807) is 24.4 Å². The van der Waals surface area contributed by atoms with Crippen LogP contribution in [-0.2, 0) is 12.7 Å². The van der Waals surface area contributed by atoms with Crippen molar-refractivity contribution in [3.63, 3.8) is 0 Å². The van der Waals surface area contributed by atoms with Gasteiger partial charge in [0.05, 0.1) is 28.2 Å². The largest absolute Gasteiger partial charge is 0.416 e. The van der Waals surface area contributed by atoms with E-state index in [9.17, 15) is 28.1 Å². The molecule has 0 fully saturated rings. The number of benzene rings is 1. The molecule has 0 bridgehead atoms. The Kier molecular flexibility index (Phi) is 4.79. The van der Waals surface area contributed by atoms with E-state index in [2.05, 4.69) is 15.3 Å². The van der Waals surface area contributed by atoms with Gasteiger partial charge in [-0.25, -0.2) is 4.98 Å². The Balaban J connectivity index is 2.00. The number of thiazole rings is 1. The fraction of sp³-hybridized carbons (Fsp3) is 0.188. The first-order chi connectivity index (χ1) is 12.7. The van der Waals surface area contributed by atoms with Gasteiger partial charge < -0.3 is 5.32 Å². The summed E-state index contributed by atoms with van der Waals surface area (Å²) in [5.41, 5.74) is -2.02. The van der Waals surface area contributed by atoms with Crippen molar-refractivity contribution in [3.8, 4) is 0 Å². The molecule has 3 rings (SSSR count). The molecular formula is C16H11F3N4O3S. The number of fused-ring (bicyclic) bond motifs is 1. The number of nitro groups is 1. The quantitative estimate of drug-likeness (QED) is 0.533. The Morgan fingerprint density at radius 1 is 1.37 bits per heavy atom. The lowest BCUT2D eigenvalue weighted by Crippen LogP contribution is -2.23. The fourth-order valence-electron chi connectivity index (χ4n) is 2.50. The molecule has 0 saturated carbocycles. The lowest BCUT2D eigenvalue weighted by atomic mass is 10.1. The van der Waals surface area contributed by atoms with Crippen LogP contribution < -0.4 is 5.32 Å². The second kappa shape index (κ2) is 6.91.